The van der Waals surface area contributed by atoms with Crippen LogP contribution < -0.4 is 5.32 Å². The zero-order chi connectivity index (χ0) is 11.8. The largest absolute Gasteiger partial charge is 0.305 e. The van der Waals surface area contributed by atoms with Crippen LogP contribution >= 0.6 is 0 Å². The summed E-state index contributed by atoms with van der Waals surface area (Å²) in [6, 6.07) is 0.471. The van der Waals surface area contributed by atoms with Gasteiger partial charge >= 0.3 is 0 Å². The van der Waals surface area contributed by atoms with Crippen LogP contribution in [0.2, 0.25) is 0 Å². The van der Waals surface area contributed by atoms with Gasteiger partial charge in [0.05, 0.1) is 6.04 Å². The van der Waals surface area contributed by atoms with Gasteiger partial charge in [0.2, 0.25) is 0 Å². The van der Waals surface area contributed by atoms with E-state index in [0.717, 1.165) is 18.8 Å². The number of carbonyl (C=O) groups excluding carboxylic acids is 1. The Hall–Kier alpha value is -0.370. The van der Waals surface area contributed by atoms with Gasteiger partial charge in [0.25, 0.3) is 0 Å². The van der Waals surface area contributed by atoms with E-state index in [9.17, 15) is 4.79 Å². The summed E-state index contributed by atoms with van der Waals surface area (Å²) in [6.45, 7) is 10.6. The van der Waals surface area contributed by atoms with Crippen molar-refractivity contribution in [2.45, 2.75) is 72.4 Å². The SMILES string of the molecule is CCC(=O)C(CCCC(C)C)NC(C)C. The molecule has 0 saturated heterocycles. The van der Waals surface area contributed by atoms with Crippen molar-refractivity contribution in [1.29, 1.82) is 0 Å². The summed E-state index contributed by atoms with van der Waals surface area (Å²) >= 11 is 0. The topological polar surface area (TPSA) is 29.1 Å². The van der Waals surface area contributed by atoms with Gasteiger partial charge in [-0.15, -0.1) is 0 Å². The van der Waals surface area contributed by atoms with Crippen LogP contribution in [0.5, 0.6) is 0 Å². The van der Waals surface area contributed by atoms with Crippen molar-refractivity contribution < 1.29 is 4.79 Å². The van der Waals surface area contributed by atoms with Gasteiger partial charge in [-0.1, -0.05) is 47.5 Å². The van der Waals surface area contributed by atoms with E-state index < -0.39 is 0 Å². The molecule has 1 atom stereocenters. The van der Waals surface area contributed by atoms with Crippen LogP contribution in [0, 0.1) is 5.92 Å². The molecule has 1 unspecified atom stereocenters. The van der Waals surface area contributed by atoms with Gasteiger partial charge in [0.15, 0.2) is 0 Å². The zero-order valence-corrected chi connectivity index (χ0v) is 11.0. The maximum Gasteiger partial charge on any atom is 0.149 e. The Morgan fingerprint density at radius 1 is 1.13 bits per heavy atom. The van der Waals surface area contributed by atoms with Crippen LogP contribution in [-0.2, 0) is 4.79 Å². The van der Waals surface area contributed by atoms with E-state index in [4.69, 9.17) is 0 Å². The fraction of sp³-hybridized carbons (Fsp3) is 0.923. The summed E-state index contributed by atoms with van der Waals surface area (Å²) in [4.78, 5) is 11.7. The smallest absolute Gasteiger partial charge is 0.149 e. The molecule has 0 aromatic heterocycles. The summed E-state index contributed by atoms with van der Waals surface area (Å²) < 4.78 is 0. The molecule has 2 heteroatoms. The van der Waals surface area contributed by atoms with Crippen molar-refractivity contribution in [1.82, 2.24) is 5.32 Å². The van der Waals surface area contributed by atoms with E-state index in [0.29, 0.717) is 18.2 Å². The first-order chi connectivity index (χ1) is 6.97. The highest BCUT2D eigenvalue weighted by Gasteiger charge is 2.16. The Morgan fingerprint density at radius 3 is 2.13 bits per heavy atom. The third-order valence-corrected chi connectivity index (χ3v) is 2.55. The first-order valence-electron chi connectivity index (χ1n) is 6.26. The summed E-state index contributed by atoms with van der Waals surface area (Å²) in [5.74, 6) is 1.09. The summed E-state index contributed by atoms with van der Waals surface area (Å²) in [7, 11) is 0. The number of ketones is 1. The minimum absolute atomic E-state index is 0.0775. The molecule has 90 valence electrons. The molecule has 0 aromatic carbocycles. The van der Waals surface area contributed by atoms with Crippen LogP contribution in [0.4, 0.5) is 0 Å². The van der Waals surface area contributed by atoms with Gasteiger partial charge in [0.1, 0.15) is 5.78 Å². The molecule has 0 bridgehead atoms. The Balaban J connectivity index is 3.96. The van der Waals surface area contributed by atoms with Crippen molar-refractivity contribution in [3.8, 4) is 0 Å². The summed E-state index contributed by atoms with van der Waals surface area (Å²) in [5.41, 5.74) is 0. The molecule has 0 heterocycles. The van der Waals surface area contributed by atoms with Crippen molar-refractivity contribution in [2.24, 2.45) is 5.92 Å². The number of Topliss-reactive ketones (excluding diaryl/α,β-unsaturated/α-hetero) is 1. The fourth-order valence-electron chi connectivity index (χ4n) is 1.72. The predicted molar refractivity (Wildman–Crippen MR) is 66.0 cm³/mol. The van der Waals surface area contributed by atoms with Gasteiger partial charge in [-0.05, 0) is 12.3 Å². The normalized spacial score (nSPS) is 13.5. The summed E-state index contributed by atoms with van der Waals surface area (Å²) in [6.07, 6.45) is 4.00. The van der Waals surface area contributed by atoms with Crippen LogP contribution in [0.3, 0.4) is 0 Å². The highest BCUT2D eigenvalue weighted by molar-refractivity contribution is 5.83. The Kier molecular flexibility index (Phi) is 7.67. The molecule has 0 rings (SSSR count). The molecule has 0 aliphatic heterocycles. The van der Waals surface area contributed by atoms with Gasteiger partial charge in [-0.25, -0.2) is 0 Å². The molecule has 0 aromatic rings. The minimum Gasteiger partial charge on any atom is -0.305 e. The van der Waals surface area contributed by atoms with Crippen molar-refractivity contribution in [3.05, 3.63) is 0 Å². The molecule has 1 N–H and O–H groups in total. The van der Waals surface area contributed by atoms with Crippen molar-refractivity contribution >= 4 is 5.78 Å². The van der Waals surface area contributed by atoms with E-state index in [1.165, 1.54) is 6.42 Å². The maximum atomic E-state index is 11.7. The molecule has 0 amide bonds. The second kappa shape index (κ2) is 7.86. The molecular weight excluding hydrogens is 186 g/mol. The van der Waals surface area contributed by atoms with E-state index >= 15 is 0 Å². The van der Waals surface area contributed by atoms with Gasteiger partial charge < -0.3 is 5.32 Å². The summed E-state index contributed by atoms with van der Waals surface area (Å²) in [5, 5.41) is 3.35. The molecule has 0 spiro atoms. The van der Waals surface area contributed by atoms with Gasteiger partial charge in [-0.2, -0.15) is 0 Å². The number of rotatable bonds is 8. The lowest BCUT2D eigenvalue weighted by Gasteiger charge is -2.20. The van der Waals surface area contributed by atoms with Gasteiger partial charge in [0, 0.05) is 12.5 Å². The molecule has 0 radical (unpaired) electrons. The Labute approximate surface area is 94.8 Å². The molecule has 0 aliphatic carbocycles. The second-order valence-electron chi connectivity index (χ2n) is 5.02. The van der Waals surface area contributed by atoms with E-state index in [1.54, 1.807) is 0 Å². The van der Waals surface area contributed by atoms with Crippen molar-refractivity contribution in [3.63, 3.8) is 0 Å². The minimum atomic E-state index is 0.0775. The highest BCUT2D eigenvalue weighted by atomic mass is 16.1. The third kappa shape index (κ3) is 7.55. The maximum absolute atomic E-state index is 11.7. The second-order valence-corrected chi connectivity index (χ2v) is 5.02. The highest BCUT2D eigenvalue weighted by Crippen LogP contribution is 2.10. The number of hydrogen-bond acceptors (Lipinski definition) is 2. The fourth-order valence-corrected chi connectivity index (χ4v) is 1.72. The number of carbonyl (C=O) groups is 1. The molecule has 0 saturated carbocycles. The average Bonchev–Trinajstić information content (AvgIpc) is 2.14. The molecule has 0 fully saturated rings. The van der Waals surface area contributed by atoms with E-state index in [-0.39, 0.29) is 6.04 Å². The molecular formula is C13H27NO. The van der Waals surface area contributed by atoms with Gasteiger partial charge in [-0.3, -0.25) is 4.79 Å². The standard InChI is InChI=1S/C13H27NO/c1-6-13(15)12(14-11(4)5)9-7-8-10(2)3/h10-12,14H,6-9H2,1-5H3. The zero-order valence-electron chi connectivity index (χ0n) is 11.0. The van der Waals surface area contributed by atoms with Crippen LogP contribution in [0.1, 0.15) is 60.3 Å². The van der Waals surface area contributed by atoms with Crippen LogP contribution in [0.15, 0.2) is 0 Å². The average molecular weight is 213 g/mol. The Morgan fingerprint density at radius 2 is 1.73 bits per heavy atom. The first-order valence-corrected chi connectivity index (χ1v) is 6.26. The van der Waals surface area contributed by atoms with E-state index in [2.05, 4.69) is 33.0 Å². The number of hydrogen-bond donors (Lipinski definition) is 1. The predicted octanol–water partition coefficient (Wildman–Crippen LogP) is 3.16. The quantitative estimate of drug-likeness (QED) is 0.671. The number of nitrogens with one attached hydrogen (secondary N) is 1. The van der Waals surface area contributed by atoms with Crippen LogP contribution in [-0.4, -0.2) is 17.9 Å². The monoisotopic (exact) mass is 213 g/mol. The third-order valence-electron chi connectivity index (χ3n) is 2.55. The van der Waals surface area contributed by atoms with Crippen molar-refractivity contribution in [2.75, 3.05) is 0 Å². The lowest BCUT2D eigenvalue weighted by atomic mass is 9.99. The Bertz CT molecular complexity index is 175. The van der Waals surface area contributed by atoms with Crippen LogP contribution in [0.25, 0.3) is 0 Å². The lowest BCUT2D eigenvalue weighted by Crippen LogP contribution is -2.40. The lowest BCUT2D eigenvalue weighted by molar-refractivity contribution is -0.121. The molecule has 0 aliphatic rings. The first kappa shape index (κ1) is 14.6. The van der Waals surface area contributed by atoms with E-state index in [1.807, 2.05) is 6.92 Å². The molecule has 15 heavy (non-hydrogen) atoms. The molecule has 2 nitrogen and oxygen atoms in total.